The molecule has 1 atom stereocenters. The van der Waals surface area contributed by atoms with Crippen LogP contribution >= 0.6 is 0 Å². The number of nitrogens with zero attached hydrogens (tertiary/aromatic N) is 3. The Kier molecular flexibility index (Phi) is 6.43. The van der Waals surface area contributed by atoms with Gasteiger partial charge in [0.1, 0.15) is 0 Å². The molecule has 6 nitrogen and oxygen atoms in total. The molecule has 0 aromatic carbocycles. The molecule has 2 rings (SSSR count). The molecule has 0 saturated carbocycles. The molecule has 2 saturated heterocycles. The van der Waals surface area contributed by atoms with Gasteiger partial charge < -0.3 is 5.73 Å². The molecule has 0 amide bonds. The van der Waals surface area contributed by atoms with Crippen LogP contribution in [0.1, 0.15) is 39.0 Å². The highest BCUT2D eigenvalue weighted by Crippen LogP contribution is 2.19. The smallest absolute Gasteiger partial charge is 0.282 e. The van der Waals surface area contributed by atoms with Crippen LogP contribution in [0.5, 0.6) is 0 Å². The van der Waals surface area contributed by atoms with Crippen LogP contribution < -0.4 is 5.73 Å². The molecule has 7 heteroatoms. The lowest BCUT2D eigenvalue weighted by atomic mass is 10.1. The van der Waals surface area contributed by atoms with Gasteiger partial charge in [0.15, 0.2) is 0 Å². The average Bonchev–Trinajstić information content (AvgIpc) is 2.90. The van der Waals surface area contributed by atoms with Crippen molar-refractivity contribution in [2.75, 3.05) is 45.8 Å². The van der Waals surface area contributed by atoms with Gasteiger partial charge in [0.05, 0.1) is 0 Å². The van der Waals surface area contributed by atoms with E-state index in [0.717, 1.165) is 45.2 Å². The summed E-state index contributed by atoms with van der Waals surface area (Å²) in [4.78, 5) is 2.42. The number of hydrogen-bond acceptors (Lipinski definition) is 4. The van der Waals surface area contributed by atoms with E-state index in [1.165, 1.54) is 0 Å². The molecule has 2 N–H and O–H groups in total. The molecule has 0 bridgehead atoms. The van der Waals surface area contributed by atoms with Crippen molar-refractivity contribution < 1.29 is 8.42 Å². The Morgan fingerprint density at radius 3 is 2.19 bits per heavy atom. The fourth-order valence-electron chi connectivity index (χ4n) is 3.43. The van der Waals surface area contributed by atoms with E-state index >= 15 is 0 Å². The van der Waals surface area contributed by atoms with Crippen molar-refractivity contribution in [1.29, 1.82) is 0 Å². The first-order chi connectivity index (χ1) is 10.1. The highest BCUT2D eigenvalue weighted by atomic mass is 32.2. The van der Waals surface area contributed by atoms with Gasteiger partial charge in [-0.15, -0.1) is 0 Å². The van der Waals surface area contributed by atoms with Gasteiger partial charge in [-0.3, -0.25) is 4.90 Å². The van der Waals surface area contributed by atoms with Crippen molar-refractivity contribution in [1.82, 2.24) is 13.5 Å². The minimum Gasteiger partial charge on any atom is -0.330 e. The second-order valence-corrected chi connectivity index (χ2v) is 7.97. The van der Waals surface area contributed by atoms with E-state index in [-0.39, 0.29) is 0 Å². The minimum absolute atomic E-state index is 0.490. The van der Waals surface area contributed by atoms with Crippen molar-refractivity contribution in [3.63, 3.8) is 0 Å². The Morgan fingerprint density at radius 2 is 1.57 bits per heavy atom. The van der Waals surface area contributed by atoms with Crippen LogP contribution in [0.4, 0.5) is 0 Å². The lowest BCUT2D eigenvalue weighted by molar-refractivity contribution is 0.192. The number of rotatable bonds is 6. The SMILES string of the molecule is CCC(CCN)N1CCCN(S(=O)(=O)N2CCCC2)CC1. The molecule has 0 spiro atoms. The standard InChI is InChI=1S/C14H30N4O2S/c1-2-14(6-7-15)16-8-5-11-18(13-12-16)21(19,20)17-9-3-4-10-17/h14H,2-13,15H2,1H3. The predicted octanol–water partition coefficient (Wildman–Crippen LogP) is 0.462. The molecule has 21 heavy (non-hydrogen) atoms. The largest absolute Gasteiger partial charge is 0.330 e. The lowest BCUT2D eigenvalue weighted by Crippen LogP contribution is -2.45. The Balaban J connectivity index is 1.96. The highest BCUT2D eigenvalue weighted by Gasteiger charge is 2.33. The van der Waals surface area contributed by atoms with Crippen LogP contribution in [-0.4, -0.2) is 73.8 Å². The highest BCUT2D eigenvalue weighted by molar-refractivity contribution is 7.86. The van der Waals surface area contributed by atoms with Gasteiger partial charge in [0, 0.05) is 38.8 Å². The van der Waals surface area contributed by atoms with E-state index in [0.29, 0.717) is 38.8 Å². The number of nitrogens with two attached hydrogens (primary N) is 1. The van der Waals surface area contributed by atoms with Gasteiger partial charge in [-0.25, -0.2) is 0 Å². The Hall–Kier alpha value is -0.210. The Morgan fingerprint density at radius 1 is 0.952 bits per heavy atom. The fraction of sp³-hybridized carbons (Fsp3) is 1.00. The van der Waals surface area contributed by atoms with Crippen LogP contribution in [0, 0.1) is 0 Å². The molecule has 2 fully saturated rings. The summed E-state index contributed by atoms with van der Waals surface area (Å²) >= 11 is 0. The fourth-order valence-corrected chi connectivity index (χ4v) is 5.15. The monoisotopic (exact) mass is 318 g/mol. The van der Waals surface area contributed by atoms with Gasteiger partial charge >= 0.3 is 0 Å². The van der Waals surface area contributed by atoms with Gasteiger partial charge in [0.25, 0.3) is 10.2 Å². The molecule has 0 aromatic heterocycles. The molecule has 0 aliphatic carbocycles. The minimum atomic E-state index is -3.24. The van der Waals surface area contributed by atoms with E-state index in [1.54, 1.807) is 8.61 Å². The molecular formula is C14H30N4O2S. The third kappa shape index (κ3) is 4.16. The van der Waals surface area contributed by atoms with Gasteiger partial charge in [0.2, 0.25) is 0 Å². The second-order valence-electron chi connectivity index (χ2n) is 6.04. The quantitative estimate of drug-likeness (QED) is 0.772. The van der Waals surface area contributed by atoms with Gasteiger partial charge in [-0.1, -0.05) is 6.92 Å². The summed E-state index contributed by atoms with van der Waals surface area (Å²) in [6, 6.07) is 0.490. The Labute approximate surface area is 129 Å². The maximum atomic E-state index is 12.6. The molecule has 0 radical (unpaired) electrons. The molecule has 2 aliphatic rings. The summed E-state index contributed by atoms with van der Waals surface area (Å²) in [5.74, 6) is 0. The van der Waals surface area contributed by atoms with Crippen molar-refractivity contribution in [2.24, 2.45) is 5.73 Å². The molecule has 2 heterocycles. The van der Waals surface area contributed by atoms with Crippen LogP contribution in [0.3, 0.4) is 0 Å². The van der Waals surface area contributed by atoms with Crippen LogP contribution in [0.2, 0.25) is 0 Å². The van der Waals surface area contributed by atoms with E-state index in [2.05, 4.69) is 11.8 Å². The van der Waals surface area contributed by atoms with Crippen molar-refractivity contribution >= 4 is 10.2 Å². The maximum absolute atomic E-state index is 12.6. The van der Waals surface area contributed by atoms with Crippen molar-refractivity contribution in [2.45, 2.75) is 45.1 Å². The van der Waals surface area contributed by atoms with E-state index in [1.807, 2.05) is 0 Å². The van der Waals surface area contributed by atoms with E-state index in [9.17, 15) is 8.42 Å². The topological polar surface area (TPSA) is 69.9 Å². The van der Waals surface area contributed by atoms with Crippen molar-refractivity contribution in [3.05, 3.63) is 0 Å². The first-order valence-corrected chi connectivity index (χ1v) is 9.68. The first kappa shape index (κ1) is 17.1. The van der Waals surface area contributed by atoms with Crippen LogP contribution in [-0.2, 0) is 10.2 Å². The average molecular weight is 318 g/mol. The van der Waals surface area contributed by atoms with E-state index < -0.39 is 10.2 Å². The third-order valence-corrected chi connectivity index (χ3v) is 6.73. The summed E-state index contributed by atoms with van der Waals surface area (Å²) in [5.41, 5.74) is 5.69. The maximum Gasteiger partial charge on any atom is 0.282 e. The first-order valence-electron chi connectivity index (χ1n) is 8.29. The van der Waals surface area contributed by atoms with Gasteiger partial charge in [-0.2, -0.15) is 17.0 Å². The molecule has 124 valence electrons. The summed E-state index contributed by atoms with van der Waals surface area (Å²) in [6.45, 7) is 7.32. The zero-order valence-electron chi connectivity index (χ0n) is 13.2. The van der Waals surface area contributed by atoms with Crippen LogP contribution in [0.25, 0.3) is 0 Å². The zero-order valence-corrected chi connectivity index (χ0v) is 14.0. The molecule has 1 unspecified atom stereocenters. The molecule has 2 aliphatic heterocycles. The zero-order chi connectivity index (χ0) is 15.3. The summed E-state index contributed by atoms with van der Waals surface area (Å²) < 4.78 is 28.6. The normalized spacial score (nSPS) is 25.0. The lowest BCUT2D eigenvalue weighted by Gasteiger charge is -2.30. The summed E-state index contributed by atoms with van der Waals surface area (Å²) in [7, 11) is -3.24. The Bertz CT molecular complexity index is 409. The number of hydrogen-bond donors (Lipinski definition) is 1. The molecular weight excluding hydrogens is 288 g/mol. The molecule has 0 aromatic rings. The van der Waals surface area contributed by atoms with Crippen LogP contribution in [0.15, 0.2) is 0 Å². The van der Waals surface area contributed by atoms with Crippen molar-refractivity contribution in [3.8, 4) is 0 Å². The predicted molar refractivity (Wildman–Crippen MR) is 85.2 cm³/mol. The van der Waals surface area contributed by atoms with E-state index in [4.69, 9.17) is 5.73 Å². The third-order valence-electron chi connectivity index (χ3n) is 4.69. The second kappa shape index (κ2) is 7.87. The summed E-state index contributed by atoms with van der Waals surface area (Å²) in [5, 5.41) is 0. The van der Waals surface area contributed by atoms with Gasteiger partial charge in [-0.05, 0) is 45.2 Å². The summed E-state index contributed by atoms with van der Waals surface area (Å²) in [6.07, 6.45) is 4.97.